The van der Waals surface area contributed by atoms with Gasteiger partial charge in [0.25, 0.3) is 11.6 Å². The molecule has 0 aliphatic rings. The van der Waals surface area contributed by atoms with Gasteiger partial charge in [-0.2, -0.15) is 5.26 Å². The monoisotopic (exact) mass is 464 g/mol. The average Bonchev–Trinajstić information content (AvgIpc) is 3.00. The van der Waals surface area contributed by atoms with E-state index < -0.39 is 10.8 Å². The van der Waals surface area contributed by atoms with E-state index in [2.05, 4.69) is 21.2 Å². The van der Waals surface area contributed by atoms with E-state index in [9.17, 15) is 20.2 Å². The molecule has 0 bridgehead atoms. The lowest BCUT2D eigenvalue weighted by Crippen LogP contribution is -2.13. The highest BCUT2D eigenvalue weighted by atomic mass is 79.9. The molecule has 0 atom stereocenters. The molecule has 3 aromatic rings. The lowest BCUT2D eigenvalue weighted by atomic mass is 10.1. The van der Waals surface area contributed by atoms with Crippen LogP contribution in [0.25, 0.3) is 11.8 Å². The summed E-state index contributed by atoms with van der Waals surface area (Å²) in [6, 6.07) is 17.1. The summed E-state index contributed by atoms with van der Waals surface area (Å²) in [4.78, 5) is 22.9. The van der Waals surface area contributed by atoms with Crippen LogP contribution in [0.5, 0.6) is 0 Å². The summed E-state index contributed by atoms with van der Waals surface area (Å²) in [7, 11) is 0. The number of benzene rings is 2. The normalized spacial score (nSPS) is 11.1. The lowest BCUT2D eigenvalue weighted by molar-refractivity contribution is -0.384. The van der Waals surface area contributed by atoms with Gasteiger partial charge in [0.15, 0.2) is 0 Å². The second-order valence-corrected chi connectivity index (χ2v) is 7.48. The maximum atomic E-state index is 12.5. The minimum atomic E-state index is -0.500. The number of hydrogen-bond acceptors (Lipinski definition) is 4. The smallest absolute Gasteiger partial charge is 0.269 e. The van der Waals surface area contributed by atoms with Gasteiger partial charge in [0, 0.05) is 39.4 Å². The Balaban J connectivity index is 1.91. The van der Waals surface area contributed by atoms with E-state index in [1.54, 1.807) is 42.5 Å². The minimum Gasteiger partial charge on any atom is -0.321 e. The highest BCUT2D eigenvalue weighted by Crippen LogP contribution is 2.24. The topological polar surface area (TPSA) is 101 Å². The van der Waals surface area contributed by atoms with Crippen molar-refractivity contribution in [2.75, 3.05) is 5.32 Å². The Bertz CT molecular complexity index is 1190. The Morgan fingerprint density at radius 3 is 2.37 bits per heavy atom. The van der Waals surface area contributed by atoms with Crippen molar-refractivity contribution in [3.05, 3.63) is 91.7 Å². The number of nitro groups is 1. The Labute approximate surface area is 181 Å². The van der Waals surface area contributed by atoms with Crippen LogP contribution >= 0.6 is 15.9 Å². The number of nitro benzene ring substituents is 1. The van der Waals surface area contributed by atoms with Crippen molar-refractivity contribution in [2.24, 2.45) is 0 Å². The van der Waals surface area contributed by atoms with Gasteiger partial charge in [-0.15, -0.1) is 0 Å². The number of hydrogen-bond donors (Lipinski definition) is 1. The van der Waals surface area contributed by atoms with E-state index in [0.29, 0.717) is 11.3 Å². The Morgan fingerprint density at radius 1 is 1.17 bits per heavy atom. The fraction of sp³-hybridized carbons (Fsp3) is 0.0909. The Kier molecular flexibility index (Phi) is 6.14. The van der Waals surface area contributed by atoms with Crippen molar-refractivity contribution in [3.8, 4) is 11.8 Å². The first-order valence-electron chi connectivity index (χ1n) is 8.92. The molecule has 0 radical (unpaired) electrons. The standard InChI is InChI=1S/C22H17BrN4O3/c1-14-11-16(15(2)26(14)20-7-9-21(10-8-20)27(29)30)12-17(13-24)22(28)25-19-5-3-18(23)4-6-19/h3-12H,1-2H3,(H,25,28)/b17-12+. The number of anilines is 1. The quantitative estimate of drug-likeness (QED) is 0.239. The van der Waals surface area contributed by atoms with Crippen LogP contribution in [0.1, 0.15) is 17.0 Å². The number of non-ortho nitro benzene ring substituents is 1. The third-order valence-electron chi connectivity index (χ3n) is 4.56. The first-order valence-corrected chi connectivity index (χ1v) is 9.72. The molecular weight excluding hydrogens is 448 g/mol. The molecule has 0 saturated heterocycles. The fourth-order valence-electron chi connectivity index (χ4n) is 3.09. The summed E-state index contributed by atoms with van der Waals surface area (Å²) >= 11 is 3.33. The largest absolute Gasteiger partial charge is 0.321 e. The van der Waals surface area contributed by atoms with E-state index in [1.807, 2.05) is 30.6 Å². The van der Waals surface area contributed by atoms with Crippen molar-refractivity contribution in [3.63, 3.8) is 0 Å². The molecule has 0 aliphatic carbocycles. The van der Waals surface area contributed by atoms with E-state index in [0.717, 1.165) is 21.5 Å². The van der Waals surface area contributed by atoms with Crippen molar-refractivity contribution in [1.82, 2.24) is 4.57 Å². The van der Waals surface area contributed by atoms with Gasteiger partial charge in [0.05, 0.1) is 4.92 Å². The maximum Gasteiger partial charge on any atom is 0.269 e. The van der Waals surface area contributed by atoms with Crippen molar-refractivity contribution in [2.45, 2.75) is 13.8 Å². The van der Waals surface area contributed by atoms with Crippen LogP contribution in [0.15, 0.2) is 64.6 Å². The molecule has 1 N–H and O–H groups in total. The Hall–Kier alpha value is -3.70. The molecule has 30 heavy (non-hydrogen) atoms. The molecule has 0 unspecified atom stereocenters. The zero-order valence-corrected chi connectivity index (χ0v) is 17.8. The number of carbonyl (C=O) groups is 1. The Morgan fingerprint density at radius 2 is 1.80 bits per heavy atom. The first-order chi connectivity index (χ1) is 14.3. The molecule has 0 fully saturated rings. The van der Waals surface area contributed by atoms with Crippen molar-refractivity contribution < 1.29 is 9.72 Å². The van der Waals surface area contributed by atoms with Gasteiger partial charge in [0.1, 0.15) is 11.6 Å². The number of halogens is 1. The van der Waals surface area contributed by atoms with Gasteiger partial charge < -0.3 is 9.88 Å². The fourth-order valence-corrected chi connectivity index (χ4v) is 3.35. The summed E-state index contributed by atoms with van der Waals surface area (Å²) in [5.41, 5.74) is 3.73. The first kappa shape index (κ1) is 21.0. The van der Waals surface area contributed by atoms with E-state index >= 15 is 0 Å². The van der Waals surface area contributed by atoms with Crippen LogP contribution in [-0.2, 0) is 4.79 Å². The summed E-state index contributed by atoms with van der Waals surface area (Å²) in [6.07, 6.45) is 1.54. The van der Waals surface area contributed by atoms with E-state index in [1.165, 1.54) is 12.1 Å². The molecule has 1 heterocycles. The minimum absolute atomic E-state index is 0.0118. The van der Waals surface area contributed by atoms with Gasteiger partial charge in [-0.1, -0.05) is 15.9 Å². The summed E-state index contributed by atoms with van der Waals surface area (Å²) in [5, 5.41) is 23.1. The highest BCUT2D eigenvalue weighted by Gasteiger charge is 2.15. The van der Waals surface area contributed by atoms with Crippen LogP contribution < -0.4 is 5.32 Å². The van der Waals surface area contributed by atoms with Crippen LogP contribution in [0.2, 0.25) is 0 Å². The molecule has 1 amide bonds. The molecule has 0 saturated carbocycles. The zero-order valence-electron chi connectivity index (χ0n) is 16.2. The van der Waals surface area contributed by atoms with E-state index in [-0.39, 0.29) is 11.3 Å². The van der Waals surface area contributed by atoms with Gasteiger partial charge >= 0.3 is 0 Å². The molecule has 1 aromatic heterocycles. The number of nitrogens with one attached hydrogen (secondary N) is 1. The second-order valence-electron chi connectivity index (χ2n) is 6.57. The van der Waals surface area contributed by atoms with Crippen LogP contribution in [-0.4, -0.2) is 15.4 Å². The summed E-state index contributed by atoms with van der Waals surface area (Å²) in [6.45, 7) is 3.75. The number of nitriles is 1. The maximum absolute atomic E-state index is 12.5. The van der Waals surface area contributed by atoms with Crippen LogP contribution in [0.4, 0.5) is 11.4 Å². The number of aryl methyl sites for hydroxylation is 1. The molecule has 8 heteroatoms. The van der Waals surface area contributed by atoms with Crippen LogP contribution in [0.3, 0.4) is 0 Å². The molecule has 3 rings (SSSR count). The van der Waals surface area contributed by atoms with Crippen LogP contribution in [0, 0.1) is 35.3 Å². The lowest BCUT2D eigenvalue weighted by Gasteiger charge is -2.09. The molecule has 7 nitrogen and oxygen atoms in total. The SMILES string of the molecule is Cc1cc(/C=C(\C#N)C(=O)Nc2ccc(Br)cc2)c(C)n1-c1ccc([N+](=O)[O-])cc1. The highest BCUT2D eigenvalue weighted by molar-refractivity contribution is 9.10. The second kappa shape index (κ2) is 8.76. The van der Waals surface area contributed by atoms with Gasteiger partial charge in [0.2, 0.25) is 0 Å². The molecule has 0 spiro atoms. The van der Waals surface area contributed by atoms with Gasteiger partial charge in [-0.3, -0.25) is 14.9 Å². The number of amides is 1. The predicted octanol–water partition coefficient (Wildman–Crippen LogP) is 5.31. The molecule has 150 valence electrons. The molecular formula is C22H17BrN4O3. The number of nitrogens with zero attached hydrogens (tertiary/aromatic N) is 3. The predicted molar refractivity (Wildman–Crippen MR) is 118 cm³/mol. The van der Waals surface area contributed by atoms with Gasteiger partial charge in [-0.05, 0) is 68.0 Å². The van der Waals surface area contributed by atoms with E-state index in [4.69, 9.17) is 0 Å². The van der Waals surface area contributed by atoms with Crippen molar-refractivity contribution in [1.29, 1.82) is 5.26 Å². The summed E-state index contributed by atoms with van der Waals surface area (Å²) < 4.78 is 2.80. The number of carbonyl (C=O) groups excluding carboxylic acids is 1. The average molecular weight is 465 g/mol. The number of aromatic nitrogens is 1. The third-order valence-corrected chi connectivity index (χ3v) is 5.08. The van der Waals surface area contributed by atoms with Gasteiger partial charge in [-0.25, -0.2) is 0 Å². The number of rotatable bonds is 5. The molecule has 0 aliphatic heterocycles. The van der Waals surface area contributed by atoms with Crippen molar-refractivity contribution >= 4 is 39.3 Å². The zero-order chi connectivity index (χ0) is 21.8. The molecule has 2 aromatic carbocycles. The third kappa shape index (κ3) is 4.47. The summed E-state index contributed by atoms with van der Waals surface area (Å²) in [5.74, 6) is -0.500.